The third-order valence-electron chi connectivity index (χ3n) is 4.34. The number of halogens is 4. The van der Waals surface area contributed by atoms with Crippen LogP contribution in [0.5, 0.6) is 0 Å². The lowest BCUT2D eigenvalue weighted by Crippen LogP contribution is -2.42. The Hall–Kier alpha value is -0.250. The monoisotopic (exact) mass is 492 g/mol. The van der Waals surface area contributed by atoms with Crippen LogP contribution in [0.25, 0.3) is 0 Å². The lowest BCUT2D eigenvalue weighted by molar-refractivity contribution is -0.143. The van der Waals surface area contributed by atoms with E-state index in [1.807, 2.05) is 6.92 Å². The van der Waals surface area contributed by atoms with E-state index < -0.39 is 12.7 Å². The van der Waals surface area contributed by atoms with Gasteiger partial charge in [-0.05, 0) is 51.0 Å². The summed E-state index contributed by atoms with van der Waals surface area (Å²) in [5, 5.41) is 6.64. The molecule has 2 atom stereocenters. The summed E-state index contributed by atoms with van der Waals surface area (Å²) in [6.07, 6.45) is -1.16. The van der Waals surface area contributed by atoms with Crippen molar-refractivity contribution in [2.24, 2.45) is 16.3 Å². The van der Waals surface area contributed by atoms with E-state index in [0.717, 1.165) is 31.8 Å². The molecule has 1 saturated heterocycles. The minimum atomic E-state index is -4.11. The Bertz CT molecular complexity index is 422. The van der Waals surface area contributed by atoms with E-state index >= 15 is 0 Å². The Morgan fingerprint density at radius 1 is 1.27 bits per heavy atom. The van der Waals surface area contributed by atoms with Crippen LogP contribution in [-0.2, 0) is 0 Å². The second-order valence-electron chi connectivity index (χ2n) is 8.37. The highest BCUT2D eigenvalue weighted by atomic mass is 127. The third kappa shape index (κ3) is 12.2. The molecule has 0 amide bonds. The number of alkyl halides is 3. The summed E-state index contributed by atoms with van der Waals surface area (Å²) in [5.41, 5.74) is 0.303. The van der Waals surface area contributed by atoms with Crippen molar-refractivity contribution >= 4 is 29.9 Å². The largest absolute Gasteiger partial charge is 0.401 e. The van der Waals surface area contributed by atoms with Gasteiger partial charge in [0.1, 0.15) is 0 Å². The van der Waals surface area contributed by atoms with Crippen LogP contribution in [0.1, 0.15) is 53.9 Å². The van der Waals surface area contributed by atoms with Gasteiger partial charge in [-0.25, -0.2) is 0 Å². The topological polar surface area (TPSA) is 39.7 Å². The zero-order valence-corrected chi connectivity index (χ0v) is 19.1. The molecule has 0 saturated carbocycles. The van der Waals surface area contributed by atoms with Gasteiger partial charge in [0.15, 0.2) is 5.96 Å². The van der Waals surface area contributed by atoms with Crippen molar-refractivity contribution < 1.29 is 13.2 Å². The Morgan fingerprint density at radius 2 is 1.92 bits per heavy atom. The van der Waals surface area contributed by atoms with Crippen molar-refractivity contribution in [2.75, 3.05) is 32.7 Å². The smallest absolute Gasteiger partial charge is 0.357 e. The van der Waals surface area contributed by atoms with Gasteiger partial charge in [0.05, 0.1) is 6.54 Å². The maximum atomic E-state index is 12.5. The molecule has 0 aliphatic carbocycles. The fourth-order valence-corrected chi connectivity index (χ4v) is 2.95. The van der Waals surface area contributed by atoms with Crippen LogP contribution in [-0.4, -0.2) is 55.8 Å². The highest BCUT2D eigenvalue weighted by molar-refractivity contribution is 14.0. The molecule has 1 heterocycles. The highest BCUT2D eigenvalue weighted by Gasteiger charge is 2.34. The number of nitrogens with zero attached hydrogens (tertiary/aromatic N) is 2. The lowest BCUT2D eigenvalue weighted by Gasteiger charge is -2.23. The molecule has 0 radical (unpaired) electrons. The average molecular weight is 492 g/mol. The average Bonchev–Trinajstić information content (AvgIpc) is 2.87. The molecule has 8 heteroatoms. The summed E-state index contributed by atoms with van der Waals surface area (Å²) in [4.78, 5) is 6.08. The van der Waals surface area contributed by atoms with Crippen LogP contribution in [0.3, 0.4) is 0 Å². The molecule has 0 aromatic rings. The SMILES string of the molecule is CCNC(=NCC1CCN(CC(F)(F)F)C1)NC(C)CCC(C)(C)C.I. The molecule has 0 aromatic carbocycles. The van der Waals surface area contributed by atoms with Crippen molar-refractivity contribution in [3.05, 3.63) is 0 Å². The van der Waals surface area contributed by atoms with Crippen molar-refractivity contribution in [1.29, 1.82) is 0 Å². The standard InChI is InChI=1S/C18H35F3N4.HI/c1-6-22-16(24-14(2)7-9-17(3,4)5)23-11-15-8-10-25(12-15)13-18(19,20)21;/h14-15H,6-13H2,1-5H3,(H2,22,23,24);1H. The molecule has 26 heavy (non-hydrogen) atoms. The number of likely N-dealkylation sites (tertiary alicyclic amines) is 1. The third-order valence-corrected chi connectivity index (χ3v) is 4.34. The van der Waals surface area contributed by atoms with Gasteiger partial charge in [0.2, 0.25) is 0 Å². The van der Waals surface area contributed by atoms with Gasteiger partial charge in [-0.2, -0.15) is 13.2 Å². The van der Waals surface area contributed by atoms with Crippen LogP contribution in [0.15, 0.2) is 4.99 Å². The summed E-state index contributed by atoms with van der Waals surface area (Å²) in [7, 11) is 0. The lowest BCUT2D eigenvalue weighted by atomic mass is 9.89. The highest BCUT2D eigenvalue weighted by Crippen LogP contribution is 2.23. The van der Waals surface area contributed by atoms with Crippen LogP contribution in [0.2, 0.25) is 0 Å². The first-order valence-corrected chi connectivity index (χ1v) is 9.32. The maximum Gasteiger partial charge on any atom is 0.401 e. The molecule has 1 rings (SSSR count). The Morgan fingerprint density at radius 3 is 2.46 bits per heavy atom. The summed E-state index contributed by atoms with van der Waals surface area (Å²) in [5.74, 6) is 0.959. The first-order chi connectivity index (χ1) is 11.5. The Balaban J connectivity index is 0.00000625. The second kappa shape index (κ2) is 11.6. The van der Waals surface area contributed by atoms with Gasteiger partial charge < -0.3 is 10.6 Å². The molecular weight excluding hydrogens is 456 g/mol. The van der Waals surface area contributed by atoms with Crippen molar-refractivity contribution in [1.82, 2.24) is 15.5 Å². The summed E-state index contributed by atoms with van der Waals surface area (Å²) in [6, 6.07) is 0.308. The molecule has 0 spiro atoms. The molecule has 156 valence electrons. The summed E-state index contributed by atoms with van der Waals surface area (Å²) >= 11 is 0. The fourth-order valence-electron chi connectivity index (χ4n) is 2.95. The van der Waals surface area contributed by atoms with Crippen molar-refractivity contribution in [3.63, 3.8) is 0 Å². The first-order valence-electron chi connectivity index (χ1n) is 9.32. The van der Waals surface area contributed by atoms with Gasteiger partial charge in [-0.3, -0.25) is 9.89 Å². The second-order valence-corrected chi connectivity index (χ2v) is 8.37. The van der Waals surface area contributed by atoms with E-state index in [1.54, 1.807) is 0 Å². The molecular formula is C18H36F3IN4. The van der Waals surface area contributed by atoms with Gasteiger partial charge in [-0.1, -0.05) is 20.8 Å². The summed E-state index contributed by atoms with van der Waals surface area (Å²) < 4.78 is 37.4. The van der Waals surface area contributed by atoms with Crippen LogP contribution < -0.4 is 10.6 Å². The van der Waals surface area contributed by atoms with E-state index in [4.69, 9.17) is 0 Å². The molecule has 0 aromatic heterocycles. The molecule has 2 unspecified atom stereocenters. The minimum absolute atomic E-state index is 0. The van der Waals surface area contributed by atoms with E-state index in [1.165, 1.54) is 4.90 Å². The molecule has 1 fully saturated rings. The molecule has 1 aliphatic rings. The number of nitrogens with one attached hydrogen (secondary N) is 2. The molecule has 0 bridgehead atoms. The summed E-state index contributed by atoms with van der Waals surface area (Å²) in [6.45, 7) is 12.3. The molecule has 2 N–H and O–H groups in total. The minimum Gasteiger partial charge on any atom is -0.357 e. The number of hydrogen-bond acceptors (Lipinski definition) is 2. The quantitative estimate of drug-likeness (QED) is 0.317. The number of hydrogen-bond donors (Lipinski definition) is 2. The number of aliphatic imine (C=N–C) groups is 1. The van der Waals surface area contributed by atoms with Crippen LogP contribution in [0.4, 0.5) is 13.2 Å². The number of rotatable bonds is 7. The maximum absolute atomic E-state index is 12.5. The normalized spacial score (nSPS) is 20.6. The van der Waals surface area contributed by atoms with Gasteiger partial charge in [-0.15, -0.1) is 24.0 Å². The van der Waals surface area contributed by atoms with Crippen LogP contribution in [0, 0.1) is 11.3 Å². The van der Waals surface area contributed by atoms with Crippen LogP contribution >= 0.6 is 24.0 Å². The Kier molecular flexibility index (Phi) is 11.4. The predicted molar refractivity (Wildman–Crippen MR) is 113 cm³/mol. The van der Waals surface area contributed by atoms with E-state index in [9.17, 15) is 13.2 Å². The predicted octanol–water partition coefficient (Wildman–Crippen LogP) is 4.26. The van der Waals surface area contributed by atoms with Gasteiger partial charge in [0, 0.05) is 25.7 Å². The fraction of sp³-hybridized carbons (Fsp3) is 0.944. The van der Waals surface area contributed by atoms with E-state index in [2.05, 4.69) is 43.3 Å². The van der Waals surface area contributed by atoms with Gasteiger partial charge >= 0.3 is 6.18 Å². The number of guanidine groups is 1. The molecule has 4 nitrogen and oxygen atoms in total. The van der Waals surface area contributed by atoms with Gasteiger partial charge in [0.25, 0.3) is 0 Å². The van der Waals surface area contributed by atoms with Crippen molar-refractivity contribution in [3.8, 4) is 0 Å². The first kappa shape index (κ1) is 25.8. The Labute approximate surface area is 173 Å². The zero-order chi connectivity index (χ0) is 19.1. The van der Waals surface area contributed by atoms with E-state index in [0.29, 0.717) is 31.1 Å². The van der Waals surface area contributed by atoms with Crippen molar-refractivity contribution in [2.45, 2.75) is 66.1 Å². The van der Waals surface area contributed by atoms with E-state index in [-0.39, 0.29) is 29.9 Å². The zero-order valence-electron chi connectivity index (χ0n) is 16.7. The molecule has 1 aliphatic heterocycles.